The maximum Gasteiger partial charge on any atom is 0.311 e. The number of nitrogens with one attached hydrogen (secondary N) is 1. The zero-order chi connectivity index (χ0) is 21.7. The number of nitrogens with two attached hydrogens (primary N) is 1. The van der Waals surface area contributed by atoms with Gasteiger partial charge in [-0.3, -0.25) is 14.4 Å². The normalized spacial score (nSPS) is 16.4. The van der Waals surface area contributed by atoms with Crippen LogP contribution >= 0.6 is 0 Å². The zero-order valence-corrected chi connectivity index (χ0v) is 16.8. The summed E-state index contributed by atoms with van der Waals surface area (Å²) >= 11 is 0. The first kappa shape index (κ1) is 21.5. The third kappa shape index (κ3) is 5.65. The number of hydrogen-bond acceptors (Lipinski definition) is 6. The number of sulfonamides is 1. The SMILES string of the molecule is NS(=O)(=O)c1ccc(NC(=O)COC(=O)[C@H]2CC(=O)N(Cc3ccccc3)C2)cc1. The second-order valence-electron chi connectivity index (χ2n) is 6.89. The highest BCUT2D eigenvalue weighted by atomic mass is 32.2. The summed E-state index contributed by atoms with van der Waals surface area (Å²) in [4.78, 5) is 37.9. The Hall–Kier alpha value is -3.24. The van der Waals surface area contributed by atoms with Crippen LogP contribution in [0.25, 0.3) is 0 Å². The summed E-state index contributed by atoms with van der Waals surface area (Å²) in [5, 5.41) is 7.50. The first-order valence-electron chi connectivity index (χ1n) is 9.13. The van der Waals surface area contributed by atoms with E-state index in [9.17, 15) is 22.8 Å². The number of anilines is 1. The molecule has 3 rings (SSSR count). The van der Waals surface area contributed by atoms with Gasteiger partial charge >= 0.3 is 5.97 Å². The lowest BCUT2D eigenvalue weighted by Crippen LogP contribution is -2.28. The highest BCUT2D eigenvalue weighted by Gasteiger charge is 2.35. The topological polar surface area (TPSA) is 136 Å². The molecule has 0 radical (unpaired) electrons. The van der Waals surface area contributed by atoms with Crippen LogP contribution in [0.15, 0.2) is 59.5 Å². The molecule has 0 bridgehead atoms. The third-order valence-electron chi connectivity index (χ3n) is 4.58. The molecular formula is C20H21N3O6S. The van der Waals surface area contributed by atoms with Crippen molar-refractivity contribution in [2.75, 3.05) is 18.5 Å². The molecule has 10 heteroatoms. The molecule has 1 saturated heterocycles. The molecule has 0 spiro atoms. The van der Waals surface area contributed by atoms with Gasteiger partial charge in [-0.2, -0.15) is 0 Å². The predicted octanol–water partition coefficient (Wildman–Crippen LogP) is 0.864. The molecule has 0 aromatic heterocycles. The molecule has 30 heavy (non-hydrogen) atoms. The smallest absolute Gasteiger partial charge is 0.311 e. The van der Waals surface area contributed by atoms with E-state index >= 15 is 0 Å². The fourth-order valence-electron chi connectivity index (χ4n) is 3.07. The fraction of sp³-hybridized carbons (Fsp3) is 0.250. The van der Waals surface area contributed by atoms with Crippen LogP contribution in [0.3, 0.4) is 0 Å². The van der Waals surface area contributed by atoms with Crippen molar-refractivity contribution in [1.82, 2.24) is 4.90 Å². The standard InChI is InChI=1S/C20H21N3O6S/c21-30(27,28)17-8-6-16(7-9-17)22-18(24)13-29-20(26)15-10-19(25)23(12-15)11-14-4-2-1-3-5-14/h1-9,15H,10-13H2,(H,22,24)(H2,21,27,28)/t15-/m0/s1. The maximum atomic E-state index is 12.2. The van der Waals surface area contributed by atoms with Gasteiger partial charge in [-0.25, -0.2) is 13.6 Å². The molecule has 1 heterocycles. The predicted molar refractivity (Wildman–Crippen MR) is 107 cm³/mol. The van der Waals surface area contributed by atoms with Crippen molar-refractivity contribution in [2.45, 2.75) is 17.9 Å². The number of carbonyl (C=O) groups excluding carboxylic acids is 3. The lowest BCUT2D eigenvalue weighted by atomic mass is 10.1. The van der Waals surface area contributed by atoms with Gasteiger partial charge in [0, 0.05) is 25.2 Å². The Morgan fingerprint density at radius 3 is 2.40 bits per heavy atom. The number of nitrogens with zero attached hydrogens (tertiary/aromatic N) is 1. The molecular weight excluding hydrogens is 410 g/mol. The average molecular weight is 431 g/mol. The van der Waals surface area contributed by atoms with Gasteiger partial charge in [-0.1, -0.05) is 30.3 Å². The van der Waals surface area contributed by atoms with E-state index in [1.165, 1.54) is 24.3 Å². The van der Waals surface area contributed by atoms with E-state index in [4.69, 9.17) is 9.88 Å². The molecule has 0 unspecified atom stereocenters. The Labute approximate surface area is 173 Å². The quantitative estimate of drug-likeness (QED) is 0.624. The minimum absolute atomic E-state index is 0.0440. The summed E-state index contributed by atoms with van der Waals surface area (Å²) in [5.41, 5.74) is 1.29. The third-order valence-corrected chi connectivity index (χ3v) is 5.51. The van der Waals surface area contributed by atoms with Crippen LogP contribution in [0.5, 0.6) is 0 Å². The number of hydrogen-bond donors (Lipinski definition) is 2. The minimum atomic E-state index is -3.82. The van der Waals surface area contributed by atoms with Gasteiger partial charge in [-0.15, -0.1) is 0 Å². The molecule has 2 aromatic carbocycles. The molecule has 2 aromatic rings. The molecule has 3 N–H and O–H groups in total. The minimum Gasteiger partial charge on any atom is -0.455 e. The van der Waals surface area contributed by atoms with Gasteiger partial charge in [-0.05, 0) is 29.8 Å². The monoisotopic (exact) mass is 431 g/mol. The largest absolute Gasteiger partial charge is 0.455 e. The first-order chi connectivity index (χ1) is 14.2. The van der Waals surface area contributed by atoms with Crippen LogP contribution in [0.2, 0.25) is 0 Å². The Morgan fingerprint density at radius 2 is 1.77 bits per heavy atom. The average Bonchev–Trinajstić information content (AvgIpc) is 3.07. The number of ether oxygens (including phenoxy) is 1. The lowest BCUT2D eigenvalue weighted by molar-refractivity contribution is -0.151. The van der Waals surface area contributed by atoms with E-state index in [0.717, 1.165) is 5.56 Å². The summed E-state index contributed by atoms with van der Waals surface area (Å²) in [6.45, 7) is 0.140. The second-order valence-corrected chi connectivity index (χ2v) is 8.45. The summed E-state index contributed by atoms with van der Waals surface area (Å²) in [5.74, 6) is -1.96. The molecule has 1 aliphatic heterocycles. The Morgan fingerprint density at radius 1 is 1.10 bits per heavy atom. The first-order valence-corrected chi connectivity index (χ1v) is 10.7. The number of likely N-dealkylation sites (tertiary alicyclic amines) is 1. The van der Waals surface area contributed by atoms with Gasteiger partial charge in [0.15, 0.2) is 6.61 Å². The molecule has 2 amide bonds. The van der Waals surface area contributed by atoms with Crippen molar-refractivity contribution < 1.29 is 27.5 Å². The molecule has 9 nitrogen and oxygen atoms in total. The molecule has 0 saturated carbocycles. The highest BCUT2D eigenvalue weighted by Crippen LogP contribution is 2.21. The number of esters is 1. The Bertz CT molecular complexity index is 1040. The van der Waals surface area contributed by atoms with Gasteiger partial charge < -0.3 is 15.0 Å². The maximum absolute atomic E-state index is 12.2. The van der Waals surface area contributed by atoms with Crippen molar-refractivity contribution in [3.8, 4) is 0 Å². The van der Waals surface area contributed by atoms with Crippen molar-refractivity contribution >= 4 is 33.5 Å². The number of amides is 2. The highest BCUT2D eigenvalue weighted by molar-refractivity contribution is 7.89. The van der Waals surface area contributed by atoms with Crippen molar-refractivity contribution in [1.29, 1.82) is 0 Å². The molecule has 158 valence electrons. The number of rotatable bonds is 7. The summed E-state index contributed by atoms with van der Waals surface area (Å²) in [6.07, 6.45) is 0.0440. The van der Waals surface area contributed by atoms with Crippen molar-refractivity contribution in [3.05, 3.63) is 60.2 Å². The fourth-order valence-corrected chi connectivity index (χ4v) is 3.58. The Balaban J connectivity index is 1.47. The molecule has 0 aliphatic carbocycles. The van der Waals surface area contributed by atoms with Crippen LogP contribution in [-0.2, 0) is 35.7 Å². The van der Waals surface area contributed by atoms with E-state index in [1.54, 1.807) is 4.90 Å². The van der Waals surface area contributed by atoms with E-state index < -0.39 is 34.4 Å². The van der Waals surface area contributed by atoms with Crippen LogP contribution in [0.4, 0.5) is 5.69 Å². The van der Waals surface area contributed by atoms with Crippen LogP contribution in [0, 0.1) is 5.92 Å². The summed E-state index contributed by atoms with van der Waals surface area (Å²) < 4.78 is 27.5. The number of benzene rings is 2. The van der Waals surface area contributed by atoms with Gasteiger partial charge in [0.2, 0.25) is 15.9 Å². The summed E-state index contributed by atoms with van der Waals surface area (Å²) in [6, 6.07) is 14.7. The van der Waals surface area contributed by atoms with Gasteiger partial charge in [0.1, 0.15) is 0 Å². The van der Waals surface area contributed by atoms with Crippen molar-refractivity contribution in [3.63, 3.8) is 0 Å². The van der Waals surface area contributed by atoms with Crippen LogP contribution in [0.1, 0.15) is 12.0 Å². The summed E-state index contributed by atoms with van der Waals surface area (Å²) in [7, 11) is -3.82. The van der Waals surface area contributed by atoms with E-state index in [0.29, 0.717) is 12.2 Å². The molecule has 1 aliphatic rings. The second kappa shape index (κ2) is 9.06. The van der Waals surface area contributed by atoms with E-state index in [1.807, 2.05) is 30.3 Å². The molecule has 1 fully saturated rings. The zero-order valence-electron chi connectivity index (χ0n) is 16.0. The Kier molecular flexibility index (Phi) is 6.48. The van der Waals surface area contributed by atoms with E-state index in [-0.39, 0.29) is 23.8 Å². The van der Waals surface area contributed by atoms with E-state index in [2.05, 4.69) is 5.32 Å². The number of carbonyl (C=O) groups is 3. The molecule has 1 atom stereocenters. The van der Waals surface area contributed by atoms with Crippen LogP contribution in [-0.4, -0.2) is 44.3 Å². The van der Waals surface area contributed by atoms with Gasteiger partial charge in [0.25, 0.3) is 5.91 Å². The van der Waals surface area contributed by atoms with Crippen LogP contribution < -0.4 is 10.5 Å². The lowest BCUT2D eigenvalue weighted by Gasteiger charge is -2.16. The van der Waals surface area contributed by atoms with Gasteiger partial charge in [0.05, 0.1) is 10.8 Å². The van der Waals surface area contributed by atoms with Crippen molar-refractivity contribution in [2.24, 2.45) is 11.1 Å². The number of primary sulfonamides is 1.